The third-order valence-electron chi connectivity index (χ3n) is 5.77. The second-order valence-corrected chi connectivity index (χ2v) is 10.3. The van der Waals surface area contributed by atoms with Gasteiger partial charge < -0.3 is 5.32 Å². The Hall–Kier alpha value is -1.89. The van der Waals surface area contributed by atoms with Crippen LogP contribution in [0.15, 0.2) is 47.4 Å². The molecule has 162 valence electrons. The molecule has 30 heavy (non-hydrogen) atoms. The first-order valence-electron chi connectivity index (χ1n) is 10.4. The molecule has 2 aromatic carbocycles. The molecule has 1 heterocycles. The Morgan fingerprint density at radius 2 is 1.77 bits per heavy atom. The van der Waals surface area contributed by atoms with Gasteiger partial charge in [0, 0.05) is 24.0 Å². The maximum absolute atomic E-state index is 13.0. The number of hydrogen-bond acceptors (Lipinski definition) is 3. The molecule has 1 atom stereocenters. The van der Waals surface area contributed by atoms with E-state index in [-0.39, 0.29) is 17.9 Å². The number of benzene rings is 2. The van der Waals surface area contributed by atoms with Crippen LogP contribution in [0.5, 0.6) is 0 Å². The highest BCUT2D eigenvalue weighted by atomic mass is 35.5. The van der Waals surface area contributed by atoms with Crippen LogP contribution in [0.25, 0.3) is 0 Å². The molecule has 1 unspecified atom stereocenters. The molecule has 3 rings (SSSR count). The second kappa shape index (κ2) is 9.50. The molecular weight excluding hydrogens is 420 g/mol. The number of aryl methyl sites for hydroxylation is 2. The first-order chi connectivity index (χ1) is 14.2. The monoisotopic (exact) mass is 448 g/mol. The first kappa shape index (κ1) is 22.8. The van der Waals surface area contributed by atoms with E-state index in [1.165, 1.54) is 4.31 Å². The number of hydrogen-bond donors (Lipinski definition) is 1. The number of rotatable bonds is 6. The highest BCUT2D eigenvalue weighted by molar-refractivity contribution is 7.89. The largest absolute Gasteiger partial charge is 0.349 e. The predicted octanol–water partition coefficient (Wildman–Crippen LogP) is 4.63. The molecule has 7 heteroatoms. The van der Waals surface area contributed by atoms with Crippen molar-refractivity contribution in [1.29, 1.82) is 0 Å². The molecule has 0 aliphatic carbocycles. The summed E-state index contributed by atoms with van der Waals surface area (Å²) in [5.41, 5.74) is 2.81. The van der Waals surface area contributed by atoms with E-state index in [2.05, 4.69) is 5.32 Å². The molecule has 0 radical (unpaired) electrons. The lowest BCUT2D eigenvalue weighted by Gasteiger charge is -2.32. The van der Waals surface area contributed by atoms with Crippen molar-refractivity contribution in [2.24, 2.45) is 5.92 Å². The maximum Gasteiger partial charge on any atom is 0.243 e. The van der Waals surface area contributed by atoms with Crippen molar-refractivity contribution >= 4 is 27.5 Å². The number of piperidine rings is 1. The predicted molar refractivity (Wildman–Crippen MR) is 120 cm³/mol. The fourth-order valence-corrected chi connectivity index (χ4v) is 5.79. The Labute approximate surface area is 184 Å². The molecule has 5 nitrogen and oxygen atoms in total. The fraction of sp³-hybridized carbons (Fsp3) is 0.435. The summed E-state index contributed by atoms with van der Waals surface area (Å²) in [7, 11) is -3.54. The van der Waals surface area contributed by atoms with Gasteiger partial charge in [0.05, 0.1) is 10.9 Å². The van der Waals surface area contributed by atoms with Gasteiger partial charge in [-0.25, -0.2) is 8.42 Å². The van der Waals surface area contributed by atoms with Crippen molar-refractivity contribution in [2.75, 3.05) is 13.1 Å². The molecule has 0 spiro atoms. The van der Waals surface area contributed by atoms with Gasteiger partial charge >= 0.3 is 0 Å². The summed E-state index contributed by atoms with van der Waals surface area (Å²) in [6.45, 7) is 6.50. The van der Waals surface area contributed by atoms with Gasteiger partial charge in [-0.15, -0.1) is 0 Å². The Kier molecular flexibility index (Phi) is 7.22. The Bertz CT molecular complexity index is 998. The van der Waals surface area contributed by atoms with Crippen molar-refractivity contribution in [1.82, 2.24) is 9.62 Å². The standard InChI is InChI=1S/C23H29ClN2O3S/c1-4-21(18-6-8-20(24)9-7-18)25-23(27)19-11-13-26(14-12-19)30(28,29)22-10-5-16(2)15-17(22)3/h5-10,15,19,21H,4,11-14H2,1-3H3,(H,25,27). The summed E-state index contributed by atoms with van der Waals surface area (Å²) in [4.78, 5) is 13.2. The Morgan fingerprint density at radius 3 is 2.33 bits per heavy atom. The quantitative estimate of drug-likeness (QED) is 0.700. The molecule has 1 aliphatic rings. The van der Waals surface area contributed by atoms with Crippen molar-refractivity contribution in [3.8, 4) is 0 Å². The molecule has 1 saturated heterocycles. The molecule has 0 bridgehead atoms. The molecule has 1 amide bonds. The number of nitrogens with one attached hydrogen (secondary N) is 1. The van der Waals surface area contributed by atoms with Gasteiger partial charge in [0.2, 0.25) is 15.9 Å². The lowest BCUT2D eigenvalue weighted by atomic mass is 9.96. The molecule has 0 aromatic heterocycles. The summed E-state index contributed by atoms with van der Waals surface area (Å²) in [5.74, 6) is -0.197. The molecule has 1 aliphatic heterocycles. The van der Waals surface area contributed by atoms with E-state index in [0.29, 0.717) is 35.8 Å². The Morgan fingerprint density at radius 1 is 1.13 bits per heavy atom. The van der Waals surface area contributed by atoms with E-state index >= 15 is 0 Å². The zero-order chi connectivity index (χ0) is 21.9. The Balaban J connectivity index is 1.63. The van der Waals surface area contributed by atoms with Crippen LogP contribution in [-0.2, 0) is 14.8 Å². The highest BCUT2D eigenvalue weighted by Crippen LogP contribution is 2.27. The van der Waals surface area contributed by atoms with Gasteiger partial charge in [-0.2, -0.15) is 4.31 Å². The van der Waals surface area contributed by atoms with Gasteiger partial charge in [-0.05, 0) is 62.4 Å². The topological polar surface area (TPSA) is 66.5 Å². The van der Waals surface area contributed by atoms with Crippen molar-refractivity contribution < 1.29 is 13.2 Å². The van der Waals surface area contributed by atoms with Gasteiger partial charge in [0.15, 0.2) is 0 Å². The van der Waals surface area contributed by atoms with E-state index < -0.39 is 10.0 Å². The van der Waals surface area contributed by atoms with Crippen molar-refractivity contribution in [3.05, 3.63) is 64.2 Å². The minimum absolute atomic E-state index is 0.0136. The summed E-state index contributed by atoms with van der Waals surface area (Å²) >= 11 is 5.96. The second-order valence-electron chi connectivity index (χ2n) is 7.97. The molecule has 2 aromatic rings. The van der Waals surface area contributed by atoms with Crippen LogP contribution in [-0.4, -0.2) is 31.7 Å². The number of carbonyl (C=O) groups excluding carboxylic acids is 1. The van der Waals surface area contributed by atoms with Crippen LogP contribution < -0.4 is 5.32 Å². The van der Waals surface area contributed by atoms with Crippen molar-refractivity contribution in [2.45, 2.75) is 51.0 Å². The molecule has 1 N–H and O–H groups in total. The van der Waals surface area contributed by atoms with Gasteiger partial charge in [-0.1, -0.05) is 48.4 Å². The van der Waals surface area contributed by atoms with Gasteiger partial charge in [0.25, 0.3) is 0 Å². The normalized spacial score (nSPS) is 16.9. The average molecular weight is 449 g/mol. The van der Waals surface area contributed by atoms with Gasteiger partial charge in [-0.3, -0.25) is 4.79 Å². The lowest BCUT2D eigenvalue weighted by molar-refractivity contribution is -0.126. The van der Waals surface area contributed by atoms with Crippen LogP contribution in [0.2, 0.25) is 5.02 Å². The van der Waals surface area contributed by atoms with Crippen molar-refractivity contribution in [3.63, 3.8) is 0 Å². The minimum Gasteiger partial charge on any atom is -0.349 e. The summed E-state index contributed by atoms with van der Waals surface area (Å²) < 4.78 is 27.6. The zero-order valence-corrected chi connectivity index (χ0v) is 19.3. The number of halogens is 1. The highest BCUT2D eigenvalue weighted by Gasteiger charge is 2.33. The molecule has 1 fully saturated rings. The summed E-state index contributed by atoms with van der Waals surface area (Å²) in [6.07, 6.45) is 1.81. The fourth-order valence-electron chi connectivity index (χ4n) is 3.99. The summed E-state index contributed by atoms with van der Waals surface area (Å²) in [6, 6.07) is 12.8. The number of nitrogens with zero attached hydrogens (tertiary/aromatic N) is 1. The number of amides is 1. The summed E-state index contributed by atoms with van der Waals surface area (Å²) in [5, 5.41) is 3.79. The lowest BCUT2D eigenvalue weighted by Crippen LogP contribution is -2.43. The van der Waals surface area contributed by atoms with E-state index in [0.717, 1.165) is 23.1 Å². The van der Waals surface area contributed by atoms with E-state index in [4.69, 9.17) is 11.6 Å². The van der Waals surface area contributed by atoms with Crippen LogP contribution in [0.4, 0.5) is 0 Å². The third kappa shape index (κ3) is 5.05. The van der Waals surface area contributed by atoms with Crippen LogP contribution in [0.1, 0.15) is 48.9 Å². The van der Waals surface area contributed by atoms with Gasteiger partial charge in [0.1, 0.15) is 0 Å². The minimum atomic E-state index is -3.54. The molecular formula is C23H29ClN2O3S. The average Bonchev–Trinajstić information content (AvgIpc) is 2.72. The van der Waals surface area contributed by atoms with E-state index in [9.17, 15) is 13.2 Å². The number of carbonyl (C=O) groups is 1. The SMILES string of the molecule is CCC(NC(=O)C1CCN(S(=O)(=O)c2ccc(C)cc2C)CC1)c1ccc(Cl)cc1. The smallest absolute Gasteiger partial charge is 0.243 e. The third-order valence-corrected chi connectivity index (χ3v) is 8.08. The maximum atomic E-state index is 13.0. The zero-order valence-electron chi connectivity index (χ0n) is 17.7. The van der Waals surface area contributed by atoms with E-state index in [1.807, 2.05) is 57.2 Å². The number of sulfonamides is 1. The van der Waals surface area contributed by atoms with Crippen LogP contribution in [0, 0.1) is 19.8 Å². The molecule has 0 saturated carbocycles. The van der Waals surface area contributed by atoms with Crippen LogP contribution >= 0.6 is 11.6 Å². The van der Waals surface area contributed by atoms with Crippen LogP contribution in [0.3, 0.4) is 0 Å². The van der Waals surface area contributed by atoms with E-state index in [1.54, 1.807) is 6.07 Å². The first-order valence-corrected chi connectivity index (χ1v) is 12.2.